The molecule has 0 spiro atoms. The maximum atomic E-state index is 13.4. The Morgan fingerprint density at radius 2 is 0.884 bits per heavy atom. The standard InChI is InChI=1S/C37H30N4O2/c38-20-26(21-39)34-28-14-5-7-16-30(28)36(42)32(34)18-24-10-3-1-2-4-11-25(13-9-12-24)19-33-35(27(22-40)23-41)29-15-6-8-17-31(29)37(33)43/h5-8,14-19,24-25H,1-4,9-13H2/b32-18-,33-19-. The first kappa shape index (κ1) is 29.2. The molecule has 2 atom stereocenters. The second-order valence-corrected chi connectivity index (χ2v) is 11.3. The van der Waals surface area contributed by atoms with Gasteiger partial charge >= 0.3 is 0 Å². The zero-order valence-electron chi connectivity index (χ0n) is 23.9. The van der Waals surface area contributed by atoms with Gasteiger partial charge in [-0.05, 0) is 48.6 Å². The molecule has 2 aromatic carbocycles. The van der Waals surface area contributed by atoms with Crippen molar-refractivity contribution in [2.45, 2.75) is 57.8 Å². The van der Waals surface area contributed by atoms with Crippen LogP contribution >= 0.6 is 0 Å². The monoisotopic (exact) mass is 562 g/mol. The van der Waals surface area contributed by atoms with E-state index in [0.29, 0.717) is 44.5 Å². The number of rotatable bonds is 2. The third-order valence-corrected chi connectivity index (χ3v) is 8.71. The third kappa shape index (κ3) is 5.75. The minimum atomic E-state index is -0.144. The van der Waals surface area contributed by atoms with E-state index in [1.54, 1.807) is 36.4 Å². The fourth-order valence-electron chi connectivity index (χ4n) is 6.64. The minimum absolute atomic E-state index is 0.0481. The number of carbonyl (C=O) groups is 2. The van der Waals surface area contributed by atoms with Crippen LogP contribution in [0.5, 0.6) is 0 Å². The Balaban J connectivity index is 1.44. The molecule has 210 valence electrons. The number of nitrogens with zero attached hydrogens (tertiary/aromatic N) is 4. The Labute approximate surface area is 252 Å². The van der Waals surface area contributed by atoms with Crippen LogP contribution in [-0.2, 0) is 0 Å². The molecule has 3 aliphatic carbocycles. The van der Waals surface area contributed by atoms with Gasteiger partial charge in [0.25, 0.3) is 0 Å². The summed E-state index contributed by atoms with van der Waals surface area (Å²) in [4.78, 5) is 26.9. The van der Waals surface area contributed by atoms with Crippen molar-refractivity contribution in [1.29, 1.82) is 21.0 Å². The summed E-state index contributed by atoms with van der Waals surface area (Å²) in [6, 6.07) is 22.2. The van der Waals surface area contributed by atoms with E-state index in [4.69, 9.17) is 0 Å². The molecule has 2 unspecified atom stereocenters. The van der Waals surface area contributed by atoms with Crippen molar-refractivity contribution >= 4 is 22.7 Å². The Hall–Kier alpha value is -5.30. The van der Waals surface area contributed by atoms with Crippen molar-refractivity contribution < 1.29 is 9.59 Å². The summed E-state index contributed by atoms with van der Waals surface area (Å²) in [7, 11) is 0. The number of allylic oxidation sites excluding steroid dienone is 8. The van der Waals surface area contributed by atoms with E-state index in [9.17, 15) is 30.6 Å². The minimum Gasteiger partial charge on any atom is -0.289 e. The van der Waals surface area contributed by atoms with Crippen LogP contribution in [0.3, 0.4) is 0 Å². The van der Waals surface area contributed by atoms with Crippen LogP contribution in [0.15, 0.2) is 83.0 Å². The van der Waals surface area contributed by atoms with Gasteiger partial charge in [0.05, 0.1) is 0 Å². The summed E-state index contributed by atoms with van der Waals surface area (Å²) in [6.45, 7) is 0. The zero-order valence-corrected chi connectivity index (χ0v) is 23.9. The van der Waals surface area contributed by atoms with Crippen LogP contribution in [0.1, 0.15) is 89.6 Å². The Kier molecular flexibility index (Phi) is 8.91. The van der Waals surface area contributed by atoms with Crippen molar-refractivity contribution in [1.82, 2.24) is 0 Å². The largest absolute Gasteiger partial charge is 0.289 e. The lowest BCUT2D eigenvalue weighted by Gasteiger charge is -2.16. The molecule has 2 aromatic rings. The fourth-order valence-corrected chi connectivity index (χ4v) is 6.64. The highest BCUT2D eigenvalue weighted by Crippen LogP contribution is 2.42. The first-order valence-corrected chi connectivity index (χ1v) is 14.8. The normalized spacial score (nSPS) is 22.0. The Bertz CT molecular complexity index is 1630. The number of Topliss-reactive ketones (excluding diaryl/α,β-unsaturated/α-hetero) is 2. The number of benzene rings is 2. The predicted molar refractivity (Wildman–Crippen MR) is 163 cm³/mol. The average Bonchev–Trinajstić information content (AvgIpc) is 3.44. The molecule has 0 saturated heterocycles. The van der Waals surface area contributed by atoms with Gasteiger partial charge in [-0.2, -0.15) is 21.0 Å². The smallest absolute Gasteiger partial charge is 0.194 e. The molecule has 0 amide bonds. The second-order valence-electron chi connectivity index (χ2n) is 11.3. The van der Waals surface area contributed by atoms with E-state index >= 15 is 0 Å². The maximum Gasteiger partial charge on any atom is 0.194 e. The zero-order chi connectivity index (χ0) is 30.3. The van der Waals surface area contributed by atoms with E-state index in [1.807, 2.05) is 48.6 Å². The highest BCUT2D eigenvalue weighted by atomic mass is 16.1. The molecular weight excluding hydrogens is 532 g/mol. The van der Waals surface area contributed by atoms with Crippen molar-refractivity contribution in [3.8, 4) is 24.3 Å². The first-order valence-electron chi connectivity index (χ1n) is 14.8. The summed E-state index contributed by atoms with van der Waals surface area (Å²) in [5.74, 6) is -0.0836. The molecule has 1 fully saturated rings. The lowest BCUT2D eigenvalue weighted by molar-refractivity contribution is 0.103. The van der Waals surface area contributed by atoms with Crippen molar-refractivity contribution in [3.63, 3.8) is 0 Å². The van der Waals surface area contributed by atoms with Crippen molar-refractivity contribution in [3.05, 3.63) is 105 Å². The molecule has 0 N–H and O–H groups in total. The molecule has 0 aromatic heterocycles. The van der Waals surface area contributed by atoms with Gasteiger partial charge in [-0.25, -0.2) is 0 Å². The Morgan fingerprint density at radius 1 is 0.535 bits per heavy atom. The number of hydrogen-bond donors (Lipinski definition) is 0. The summed E-state index contributed by atoms with van der Waals surface area (Å²) < 4.78 is 0. The van der Waals surface area contributed by atoms with Crippen LogP contribution in [-0.4, -0.2) is 11.6 Å². The number of fused-ring (bicyclic) bond motifs is 2. The molecule has 43 heavy (non-hydrogen) atoms. The van der Waals surface area contributed by atoms with E-state index < -0.39 is 0 Å². The van der Waals surface area contributed by atoms with Gasteiger partial charge in [-0.3, -0.25) is 9.59 Å². The molecule has 6 heteroatoms. The van der Waals surface area contributed by atoms with Gasteiger partial charge in [0.1, 0.15) is 35.4 Å². The second kappa shape index (κ2) is 13.1. The SMILES string of the molecule is N#CC(C#N)=C1/C(=C/C2CCCCCCC(/C=C3\C(=O)c4ccccc4C3=C(C#N)C#N)CCC2)C(=O)c2ccccc21. The van der Waals surface area contributed by atoms with Crippen LogP contribution in [0.2, 0.25) is 0 Å². The lowest BCUT2D eigenvalue weighted by Crippen LogP contribution is -2.05. The van der Waals surface area contributed by atoms with Gasteiger partial charge in [0, 0.05) is 33.4 Å². The van der Waals surface area contributed by atoms with Crippen molar-refractivity contribution in [2.24, 2.45) is 11.8 Å². The summed E-state index contributed by atoms with van der Waals surface area (Å²) in [5.41, 5.74) is 4.00. The molecule has 0 heterocycles. The maximum absolute atomic E-state index is 13.4. The topological polar surface area (TPSA) is 129 Å². The van der Waals surface area contributed by atoms with Gasteiger partial charge in [-0.1, -0.05) is 92.8 Å². The molecule has 0 aliphatic heterocycles. The molecular formula is C37H30N4O2. The third-order valence-electron chi connectivity index (χ3n) is 8.71. The summed E-state index contributed by atoms with van der Waals surface area (Å²) >= 11 is 0. The van der Waals surface area contributed by atoms with Gasteiger partial charge in [0.15, 0.2) is 11.6 Å². The molecule has 0 bridgehead atoms. The first-order chi connectivity index (χ1) is 21.0. The number of nitriles is 4. The number of ketones is 2. The van der Waals surface area contributed by atoms with Crippen molar-refractivity contribution in [2.75, 3.05) is 0 Å². The van der Waals surface area contributed by atoms with Crippen LogP contribution in [0.4, 0.5) is 0 Å². The molecule has 0 radical (unpaired) electrons. The predicted octanol–water partition coefficient (Wildman–Crippen LogP) is 7.99. The van der Waals surface area contributed by atoms with Gasteiger partial charge in [0.2, 0.25) is 0 Å². The van der Waals surface area contributed by atoms with Gasteiger partial charge < -0.3 is 0 Å². The fraction of sp³-hybridized carbons (Fsp3) is 0.297. The quantitative estimate of drug-likeness (QED) is 0.269. The number of hydrogen-bond acceptors (Lipinski definition) is 6. The van der Waals surface area contributed by atoms with Crippen LogP contribution in [0.25, 0.3) is 11.1 Å². The highest BCUT2D eigenvalue weighted by Gasteiger charge is 2.34. The highest BCUT2D eigenvalue weighted by molar-refractivity contribution is 6.28. The average molecular weight is 563 g/mol. The van der Waals surface area contributed by atoms with Gasteiger partial charge in [-0.15, -0.1) is 0 Å². The van der Waals surface area contributed by atoms with E-state index in [1.165, 1.54) is 0 Å². The van der Waals surface area contributed by atoms with Crippen LogP contribution < -0.4 is 0 Å². The summed E-state index contributed by atoms with van der Waals surface area (Å²) in [5, 5.41) is 38.7. The van der Waals surface area contributed by atoms with E-state index in [-0.39, 0.29) is 34.5 Å². The summed E-state index contributed by atoms with van der Waals surface area (Å²) in [6.07, 6.45) is 12.4. The molecule has 5 rings (SSSR count). The molecule has 6 nitrogen and oxygen atoms in total. The molecule has 1 saturated carbocycles. The van der Waals surface area contributed by atoms with Crippen LogP contribution in [0, 0.1) is 57.2 Å². The van der Waals surface area contributed by atoms with E-state index in [2.05, 4.69) is 0 Å². The lowest BCUT2D eigenvalue weighted by atomic mass is 9.88. The Morgan fingerprint density at radius 3 is 1.26 bits per heavy atom. The number of carbonyl (C=O) groups excluding carboxylic acids is 2. The van der Waals surface area contributed by atoms with E-state index in [0.717, 1.165) is 57.8 Å². The molecule has 3 aliphatic rings.